The molecule has 1 aromatic heterocycles. The molecule has 0 radical (unpaired) electrons. The molecule has 0 aromatic carbocycles. The van der Waals surface area contributed by atoms with Crippen LogP contribution in [0.5, 0.6) is 0 Å². The number of unbranched alkanes of at least 4 members (excludes halogenated alkanes) is 3. The summed E-state index contributed by atoms with van der Waals surface area (Å²) in [5.41, 5.74) is 5.71. The minimum absolute atomic E-state index is 0.0446. The minimum atomic E-state index is -0.471. The Morgan fingerprint density at radius 1 is 1.42 bits per heavy atom. The molecule has 24 heavy (non-hydrogen) atoms. The summed E-state index contributed by atoms with van der Waals surface area (Å²) in [5.74, 6) is 0.0137. The molecule has 7 nitrogen and oxygen atoms in total. The van der Waals surface area contributed by atoms with Gasteiger partial charge in [-0.2, -0.15) is 0 Å². The van der Waals surface area contributed by atoms with E-state index in [1.807, 2.05) is 0 Å². The Labute approximate surface area is 143 Å². The first-order valence-corrected chi connectivity index (χ1v) is 8.75. The van der Waals surface area contributed by atoms with Gasteiger partial charge in [0.2, 0.25) is 5.91 Å². The highest BCUT2D eigenvalue weighted by Gasteiger charge is 2.38. The number of methoxy groups -OCH3 is 1. The molecular formula is C17H28N4O3. The molecule has 1 aliphatic rings. The van der Waals surface area contributed by atoms with Crippen LogP contribution in [0.4, 0.5) is 5.82 Å². The largest absolute Gasteiger partial charge is 0.467 e. The summed E-state index contributed by atoms with van der Waals surface area (Å²) in [4.78, 5) is 30.7. The highest BCUT2D eigenvalue weighted by Crippen LogP contribution is 2.26. The number of carbonyl (C=O) groups excluding carboxylic acids is 2. The average molecular weight is 336 g/mol. The number of imidazole rings is 1. The monoisotopic (exact) mass is 336 g/mol. The Morgan fingerprint density at radius 2 is 2.21 bits per heavy atom. The topological polar surface area (TPSA) is 90.5 Å². The van der Waals surface area contributed by atoms with E-state index in [0.717, 1.165) is 38.5 Å². The number of amides is 1. The van der Waals surface area contributed by atoms with Gasteiger partial charge in [0.05, 0.1) is 13.4 Å². The van der Waals surface area contributed by atoms with Gasteiger partial charge < -0.3 is 19.9 Å². The lowest BCUT2D eigenvalue weighted by atomic mass is 10.1. The van der Waals surface area contributed by atoms with Crippen molar-refractivity contribution >= 4 is 17.7 Å². The van der Waals surface area contributed by atoms with Crippen molar-refractivity contribution in [2.24, 2.45) is 0 Å². The van der Waals surface area contributed by atoms with E-state index in [2.05, 4.69) is 11.9 Å². The number of nitrogens with two attached hydrogens (primary N) is 1. The maximum absolute atomic E-state index is 13.1. The predicted molar refractivity (Wildman–Crippen MR) is 91.2 cm³/mol. The fraction of sp³-hybridized carbons (Fsp3) is 0.706. The first-order chi connectivity index (χ1) is 11.6. The summed E-state index contributed by atoms with van der Waals surface area (Å²) >= 11 is 0. The van der Waals surface area contributed by atoms with Crippen LogP contribution in [0, 0.1) is 0 Å². The molecule has 0 saturated carbocycles. The molecule has 134 valence electrons. The summed E-state index contributed by atoms with van der Waals surface area (Å²) < 4.78 is 6.62. The Kier molecular flexibility index (Phi) is 6.63. The second-order valence-corrected chi connectivity index (χ2v) is 6.32. The van der Waals surface area contributed by atoms with Crippen LogP contribution in [0.3, 0.4) is 0 Å². The van der Waals surface area contributed by atoms with Crippen molar-refractivity contribution in [3.63, 3.8) is 0 Å². The highest BCUT2D eigenvalue weighted by molar-refractivity contribution is 5.87. The van der Waals surface area contributed by atoms with Crippen LogP contribution in [0.25, 0.3) is 0 Å². The summed E-state index contributed by atoms with van der Waals surface area (Å²) in [6.45, 7) is 2.75. The summed E-state index contributed by atoms with van der Waals surface area (Å²) in [5, 5.41) is 0. The number of hydrogen-bond acceptors (Lipinski definition) is 5. The third-order valence-electron chi connectivity index (χ3n) is 4.61. The molecule has 1 fully saturated rings. The molecule has 0 spiro atoms. The van der Waals surface area contributed by atoms with Gasteiger partial charge in [0.1, 0.15) is 17.9 Å². The van der Waals surface area contributed by atoms with Crippen LogP contribution in [-0.4, -0.2) is 46.0 Å². The van der Waals surface area contributed by atoms with Crippen LogP contribution in [-0.2, 0) is 14.3 Å². The average Bonchev–Trinajstić information content (AvgIpc) is 3.22. The van der Waals surface area contributed by atoms with Gasteiger partial charge in [0.15, 0.2) is 0 Å². The van der Waals surface area contributed by atoms with E-state index in [0.29, 0.717) is 18.8 Å². The van der Waals surface area contributed by atoms with Crippen molar-refractivity contribution in [1.82, 2.24) is 14.5 Å². The zero-order valence-corrected chi connectivity index (χ0v) is 14.6. The van der Waals surface area contributed by atoms with E-state index >= 15 is 0 Å². The van der Waals surface area contributed by atoms with E-state index in [9.17, 15) is 9.59 Å². The normalized spacial score (nSPS) is 18.6. The molecule has 2 N–H and O–H groups in total. The number of aromatic nitrogens is 2. The van der Waals surface area contributed by atoms with Gasteiger partial charge in [0.25, 0.3) is 0 Å². The molecule has 1 saturated heterocycles. The van der Waals surface area contributed by atoms with E-state index in [4.69, 9.17) is 10.5 Å². The summed E-state index contributed by atoms with van der Waals surface area (Å²) in [6.07, 6.45) is 9.83. The molecule has 1 amide bonds. The van der Waals surface area contributed by atoms with E-state index in [1.165, 1.54) is 7.11 Å². The Bertz CT molecular complexity index is 558. The quantitative estimate of drug-likeness (QED) is 0.580. The number of carbonyl (C=O) groups is 2. The molecule has 2 atom stereocenters. The van der Waals surface area contributed by atoms with Crippen LogP contribution >= 0.6 is 0 Å². The molecule has 1 aromatic rings. The van der Waals surface area contributed by atoms with Gasteiger partial charge in [-0.3, -0.25) is 4.79 Å². The van der Waals surface area contributed by atoms with Gasteiger partial charge in [0, 0.05) is 12.7 Å². The fourth-order valence-electron chi connectivity index (χ4n) is 3.29. The SMILES string of the molecule is CCCCCC[C@H](C(=O)N1CCC[C@H]1C(=O)OC)n1cnc(N)c1. The first-order valence-electron chi connectivity index (χ1n) is 8.75. The van der Waals surface area contributed by atoms with E-state index in [-0.39, 0.29) is 17.9 Å². The predicted octanol–water partition coefficient (Wildman–Crippen LogP) is 2.14. The molecule has 2 heterocycles. The van der Waals surface area contributed by atoms with Crippen molar-refractivity contribution < 1.29 is 14.3 Å². The molecule has 2 rings (SSSR count). The second-order valence-electron chi connectivity index (χ2n) is 6.32. The lowest BCUT2D eigenvalue weighted by molar-refractivity contribution is -0.152. The summed E-state index contributed by atoms with van der Waals surface area (Å²) in [6, 6.07) is -0.835. The van der Waals surface area contributed by atoms with Crippen molar-refractivity contribution in [3.05, 3.63) is 12.5 Å². The zero-order chi connectivity index (χ0) is 17.5. The third kappa shape index (κ3) is 4.27. The van der Waals surface area contributed by atoms with Crippen molar-refractivity contribution in [2.45, 2.75) is 64.0 Å². The van der Waals surface area contributed by atoms with Crippen LogP contribution in [0.2, 0.25) is 0 Å². The van der Waals surface area contributed by atoms with Crippen molar-refractivity contribution in [3.8, 4) is 0 Å². The standard InChI is InChI=1S/C17H28N4O3/c1-3-4-5-6-8-13(20-11-15(18)19-12-20)16(22)21-10-7-9-14(21)17(23)24-2/h11-14H,3-10,18H2,1-2H3/t13-,14+/m1/s1. The number of rotatable bonds is 8. The first kappa shape index (κ1) is 18.3. The highest BCUT2D eigenvalue weighted by atomic mass is 16.5. The number of likely N-dealkylation sites (tertiary alicyclic amines) is 1. The van der Waals surface area contributed by atoms with Gasteiger partial charge in [-0.25, -0.2) is 9.78 Å². The molecule has 0 unspecified atom stereocenters. The number of nitrogens with zero attached hydrogens (tertiary/aromatic N) is 3. The second kappa shape index (κ2) is 8.70. The number of nitrogen functional groups attached to an aromatic ring is 1. The Morgan fingerprint density at radius 3 is 2.83 bits per heavy atom. The number of anilines is 1. The molecule has 0 aliphatic carbocycles. The number of hydrogen-bond donors (Lipinski definition) is 1. The lowest BCUT2D eigenvalue weighted by Crippen LogP contribution is -2.44. The third-order valence-corrected chi connectivity index (χ3v) is 4.61. The van der Waals surface area contributed by atoms with Gasteiger partial charge in [-0.05, 0) is 19.3 Å². The van der Waals surface area contributed by atoms with Crippen LogP contribution in [0.15, 0.2) is 12.5 Å². The molecule has 0 bridgehead atoms. The molecular weight excluding hydrogens is 308 g/mol. The Hall–Kier alpha value is -2.05. The molecule has 7 heteroatoms. The zero-order valence-electron chi connectivity index (χ0n) is 14.6. The van der Waals surface area contributed by atoms with Crippen molar-refractivity contribution in [1.29, 1.82) is 0 Å². The van der Waals surface area contributed by atoms with Gasteiger partial charge >= 0.3 is 5.97 Å². The van der Waals surface area contributed by atoms with Crippen LogP contribution < -0.4 is 5.73 Å². The summed E-state index contributed by atoms with van der Waals surface area (Å²) in [7, 11) is 1.36. The lowest BCUT2D eigenvalue weighted by Gasteiger charge is -2.28. The maximum Gasteiger partial charge on any atom is 0.328 e. The van der Waals surface area contributed by atoms with Crippen LogP contribution in [0.1, 0.15) is 57.9 Å². The van der Waals surface area contributed by atoms with Gasteiger partial charge in [-0.1, -0.05) is 32.6 Å². The fourth-order valence-corrected chi connectivity index (χ4v) is 3.29. The Balaban J connectivity index is 2.12. The van der Waals surface area contributed by atoms with E-state index < -0.39 is 6.04 Å². The number of esters is 1. The maximum atomic E-state index is 13.1. The minimum Gasteiger partial charge on any atom is -0.467 e. The van der Waals surface area contributed by atoms with E-state index in [1.54, 1.807) is 22.0 Å². The smallest absolute Gasteiger partial charge is 0.328 e. The van der Waals surface area contributed by atoms with Crippen molar-refractivity contribution in [2.75, 3.05) is 19.4 Å². The van der Waals surface area contributed by atoms with Gasteiger partial charge in [-0.15, -0.1) is 0 Å². The number of ether oxygens (including phenoxy) is 1. The molecule has 1 aliphatic heterocycles.